The number of benzene rings is 2. The maximum absolute atomic E-state index is 12.7. The fourth-order valence-electron chi connectivity index (χ4n) is 3.28. The highest BCUT2D eigenvalue weighted by atomic mass is 16.5. The fraction of sp³-hybridized carbons (Fsp3) is 0.318. The summed E-state index contributed by atoms with van der Waals surface area (Å²) >= 11 is 0. The van der Waals surface area contributed by atoms with E-state index >= 15 is 0 Å². The van der Waals surface area contributed by atoms with E-state index in [1.54, 1.807) is 41.3 Å². The zero-order valence-electron chi connectivity index (χ0n) is 16.4. The monoisotopic (exact) mass is 395 g/mol. The van der Waals surface area contributed by atoms with E-state index in [-0.39, 0.29) is 30.4 Å². The van der Waals surface area contributed by atoms with Gasteiger partial charge in [-0.05, 0) is 43.2 Å². The van der Waals surface area contributed by atoms with Gasteiger partial charge < -0.3 is 20.3 Å². The number of carbonyl (C=O) groups excluding carboxylic acids is 3. The lowest BCUT2D eigenvalue weighted by molar-refractivity contribution is -0.124. The van der Waals surface area contributed by atoms with Crippen molar-refractivity contribution < 1.29 is 19.1 Å². The van der Waals surface area contributed by atoms with Gasteiger partial charge in [0.15, 0.2) is 6.61 Å². The number of hydrogen-bond acceptors (Lipinski definition) is 4. The summed E-state index contributed by atoms with van der Waals surface area (Å²) in [6.45, 7) is 2.53. The molecular formula is C22H25N3O4. The molecule has 0 unspecified atom stereocenters. The van der Waals surface area contributed by atoms with Crippen molar-refractivity contribution in [2.24, 2.45) is 0 Å². The van der Waals surface area contributed by atoms with Crippen molar-refractivity contribution in [3.8, 4) is 5.75 Å². The highest BCUT2D eigenvalue weighted by molar-refractivity contribution is 5.96. The van der Waals surface area contributed by atoms with Crippen LogP contribution in [0.5, 0.6) is 5.75 Å². The lowest BCUT2D eigenvalue weighted by Gasteiger charge is -2.32. The van der Waals surface area contributed by atoms with Crippen molar-refractivity contribution in [2.75, 3.05) is 25.0 Å². The number of carbonyl (C=O) groups is 3. The lowest BCUT2D eigenvalue weighted by atomic mass is 10.0. The smallest absolute Gasteiger partial charge is 0.258 e. The number of anilines is 1. The molecule has 0 atom stereocenters. The molecule has 7 heteroatoms. The second kappa shape index (κ2) is 9.73. The van der Waals surface area contributed by atoms with Crippen LogP contribution < -0.4 is 15.4 Å². The molecule has 7 nitrogen and oxygen atoms in total. The van der Waals surface area contributed by atoms with E-state index in [4.69, 9.17) is 4.74 Å². The first-order chi connectivity index (χ1) is 14.0. The third kappa shape index (κ3) is 6.07. The van der Waals surface area contributed by atoms with E-state index in [9.17, 15) is 14.4 Å². The molecule has 3 rings (SSSR count). The van der Waals surface area contributed by atoms with Crippen molar-refractivity contribution in [3.63, 3.8) is 0 Å². The Labute approximate surface area is 170 Å². The molecule has 3 amide bonds. The van der Waals surface area contributed by atoms with E-state index in [2.05, 4.69) is 10.6 Å². The number of para-hydroxylation sites is 1. The van der Waals surface area contributed by atoms with Gasteiger partial charge in [-0.1, -0.05) is 24.3 Å². The average molecular weight is 395 g/mol. The molecule has 1 fully saturated rings. The second-order valence-corrected chi connectivity index (χ2v) is 7.00. The van der Waals surface area contributed by atoms with Crippen LogP contribution >= 0.6 is 0 Å². The van der Waals surface area contributed by atoms with Crippen LogP contribution in [0.25, 0.3) is 0 Å². The van der Waals surface area contributed by atoms with Crippen LogP contribution in [0.1, 0.15) is 30.1 Å². The molecule has 0 saturated carbocycles. The van der Waals surface area contributed by atoms with Crippen LogP contribution in [0.2, 0.25) is 0 Å². The van der Waals surface area contributed by atoms with Crippen LogP contribution in [0.15, 0.2) is 54.6 Å². The number of nitrogens with one attached hydrogen (secondary N) is 2. The van der Waals surface area contributed by atoms with E-state index in [0.29, 0.717) is 42.9 Å². The van der Waals surface area contributed by atoms with Gasteiger partial charge in [0.2, 0.25) is 5.91 Å². The summed E-state index contributed by atoms with van der Waals surface area (Å²) in [5.41, 5.74) is 1.14. The van der Waals surface area contributed by atoms with Crippen molar-refractivity contribution >= 4 is 23.4 Å². The molecule has 29 heavy (non-hydrogen) atoms. The topological polar surface area (TPSA) is 87.7 Å². The second-order valence-electron chi connectivity index (χ2n) is 7.00. The highest BCUT2D eigenvalue weighted by Gasteiger charge is 2.24. The summed E-state index contributed by atoms with van der Waals surface area (Å²) in [5.74, 6) is 0.239. The molecule has 152 valence electrons. The maximum atomic E-state index is 12.7. The summed E-state index contributed by atoms with van der Waals surface area (Å²) in [6, 6.07) is 16.1. The van der Waals surface area contributed by atoms with Crippen molar-refractivity contribution in [1.82, 2.24) is 10.2 Å². The van der Waals surface area contributed by atoms with Gasteiger partial charge in [-0.3, -0.25) is 14.4 Å². The number of ether oxygens (including phenoxy) is 1. The molecule has 1 aliphatic rings. The van der Waals surface area contributed by atoms with Crippen molar-refractivity contribution in [3.05, 3.63) is 60.2 Å². The summed E-state index contributed by atoms with van der Waals surface area (Å²) in [4.78, 5) is 37.8. The normalized spacial score (nSPS) is 14.2. The Morgan fingerprint density at radius 3 is 2.45 bits per heavy atom. The Kier molecular flexibility index (Phi) is 6.84. The molecule has 2 N–H and O–H groups in total. The van der Waals surface area contributed by atoms with E-state index < -0.39 is 0 Å². The highest BCUT2D eigenvalue weighted by Crippen LogP contribution is 2.17. The van der Waals surface area contributed by atoms with Gasteiger partial charge in [-0.25, -0.2) is 0 Å². The first-order valence-corrected chi connectivity index (χ1v) is 9.65. The van der Waals surface area contributed by atoms with Gasteiger partial charge in [0.25, 0.3) is 11.8 Å². The lowest BCUT2D eigenvalue weighted by Crippen LogP contribution is -2.47. The van der Waals surface area contributed by atoms with Crippen molar-refractivity contribution in [1.29, 1.82) is 0 Å². The largest absolute Gasteiger partial charge is 0.484 e. The Balaban J connectivity index is 1.45. The van der Waals surface area contributed by atoms with Gasteiger partial charge in [0.05, 0.1) is 0 Å². The Morgan fingerprint density at radius 1 is 1.03 bits per heavy atom. The van der Waals surface area contributed by atoms with Crippen LogP contribution in [-0.4, -0.2) is 48.4 Å². The van der Waals surface area contributed by atoms with Crippen LogP contribution in [0.4, 0.5) is 5.69 Å². The summed E-state index contributed by atoms with van der Waals surface area (Å²) in [7, 11) is 0. The predicted octanol–water partition coefficient (Wildman–Crippen LogP) is 2.44. The number of piperidine rings is 1. The van der Waals surface area contributed by atoms with Gasteiger partial charge in [-0.15, -0.1) is 0 Å². The minimum atomic E-state index is -0.178. The minimum Gasteiger partial charge on any atom is -0.484 e. The summed E-state index contributed by atoms with van der Waals surface area (Å²) in [5, 5.41) is 5.66. The first-order valence-electron chi connectivity index (χ1n) is 9.65. The number of nitrogens with zero attached hydrogens (tertiary/aromatic N) is 1. The number of amides is 3. The SMILES string of the molecule is CC(=O)Nc1cccc(C(=O)N2CCC(NC(=O)COc3ccccc3)CC2)c1. The number of likely N-dealkylation sites (tertiary alicyclic amines) is 1. The molecule has 0 aromatic heterocycles. The zero-order valence-corrected chi connectivity index (χ0v) is 16.4. The third-order valence-corrected chi connectivity index (χ3v) is 4.69. The quantitative estimate of drug-likeness (QED) is 0.786. The summed E-state index contributed by atoms with van der Waals surface area (Å²) in [6.07, 6.45) is 1.38. The third-order valence-electron chi connectivity index (χ3n) is 4.69. The summed E-state index contributed by atoms with van der Waals surface area (Å²) < 4.78 is 5.46. The van der Waals surface area contributed by atoms with Crippen LogP contribution in [-0.2, 0) is 9.59 Å². The van der Waals surface area contributed by atoms with Gasteiger partial charge in [0.1, 0.15) is 5.75 Å². The van der Waals surface area contributed by atoms with Crippen LogP contribution in [0, 0.1) is 0 Å². The van der Waals surface area contributed by atoms with Gasteiger partial charge in [-0.2, -0.15) is 0 Å². The molecule has 1 saturated heterocycles. The maximum Gasteiger partial charge on any atom is 0.258 e. The molecule has 0 aliphatic carbocycles. The Hall–Kier alpha value is -3.35. The van der Waals surface area contributed by atoms with Gasteiger partial charge in [0, 0.05) is 37.3 Å². The predicted molar refractivity (Wildman–Crippen MR) is 110 cm³/mol. The van der Waals surface area contributed by atoms with E-state index in [1.807, 2.05) is 18.2 Å². The Morgan fingerprint density at radius 2 is 1.76 bits per heavy atom. The van der Waals surface area contributed by atoms with Gasteiger partial charge >= 0.3 is 0 Å². The standard InChI is InChI=1S/C22H25N3O4/c1-16(26)23-19-7-5-6-17(14-19)22(28)25-12-10-18(11-13-25)24-21(27)15-29-20-8-3-2-4-9-20/h2-9,14,18H,10-13,15H2,1H3,(H,23,26)(H,24,27). The molecule has 0 spiro atoms. The molecule has 1 aliphatic heterocycles. The first kappa shape index (κ1) is 20.4. The Bertz CT molecular complexity index is 861. The minimum absolute atomic E-state index is 0.0247. The number of rotatable bonds is 6. The fourth-order valence-corrected chi connectivity index (χ4v) is 3.28. The van der Waals surface area contributed by atoms with Crippen LogP contribution in [0.3, 0.4) is 0 Å². The molecule has 2 aromatic rings. The van der Waals surface area contributed by atoms with Crippen molar-refractivity contribution in [2.45, 2.75) is 25.8 Å². The molecule has 0 bridgehead atoms. The molecule has 0 radical (unpaired) electrons. The van der Waals surface area contributed by atoms with E-state index in [1.165, 1.54) is 6.92 Å². The molecular weight excluding hydrogens is 370 g/mol. The van der Waals surface area contributed by atoms with E-state index in [0.717, 1.165) is 0 Å². The number of hydrogen-bond donors (Lipinski definition) is 2. The molecule has 2 aromatic carbocycles. The zero-order chi connectivity index (χ0) is 20.6. The molecule has 1 heterocycles. The average Bonchev–Trinajstić information content (AvgIpc) is 2.73.